The molecule has 3 aromatic rings. The van der Waals surface area contributed by atoms with Gasteiger partial charge in [-0.3, -0.25) is 9.59 Å². The van der Waals surface area contributed by atoms with E-state index in [9.17, 15) is 27.2 Å². The molecule has 0 saturated heterocycles. The van der Waals surface area contributed by atoms with Gasteiger partial charge < -0.3 is 10.1 Å². The summed E-state index contributed by atoms with van der Waals surface area (Å²) in [4.78, 5) is 29.2. The van der Waals surface area contributed by atoms with Crippen molar-refractivity contribution in [2.24, 2.45) is 0 Å². The van der Waals surface area contributed by atoms with E-state index in [-0.39, 0.29) is 33.4 Å². The summed E-state index contributed by atoms with van der Waals surface area (Å²) in [6, 6.07) is 3.99. The summed E-state index contributed by atoms with van der Waals surface area (Å²) in [7, 11) is 1.33. The number of ether oxygens (including phenoxy) is 1. The van der Waals surface area contributed by atoms with Gasteiger partial charge in [-0.05, 0) is 18.6 Å². The Bertz CT molecular complexity index is 1140. The quantitative estimate of drug-likeness (QED) is 0.632. The Labute approximate surface area is 165 Å². The number of methoxy groups -OCH3 is 1. The minimum absolute atomic E-state index is 0.0244. The second-order valence-electron chi connectivity index (χ2n) is 5.96. The smallest absolute Gasteiger partial charge is 0.419 e. The number of thiazole rings is 1. The third-order valence-corrected chi connectivity index (χ3v) is 5.04. The van der Waals surface area contributed by atoms with Crippen LogP contribution in [0.25, 0.3) is 4.96 Å². The largest absolute Gasteiger partial charge is 0.485 e. The van der Waals surface area contributed by atoms with Crippen molar-refractivity contribution < 1.29 is 27.1 Å². The lowest BCUT2D eigenvalue weighted by molar-refractivity contribution is -0.140. The Balaban J connectivity index is 2.08. The van der Waals surface area contributed by atoms with Gasteiger partial charge in [0.15, 0.2) is 5.69 Å². The molecular weight excluding hydrogens is 414 g/mol. The average molecular weight is 429 g/mol. The van der Waals surface area contributed by atoms with Crippen LogP contribution in [-0.4, -0.2) is 28.9 Å². The van der Waals surface area contributed by atoms with Gasteiger partial charge in [-0.2, -0.15) is 13.2 Å². The van der Waals surface area contributed by atoms with Crippen LogP contribution in [0.2, 0.25) is 0 Å². The van der Waals surface area contributed by atoms with Gasteiger partial charge in [-0.25, -0.2) is 13.8 Å². The van der Waals surface area contributed by atoms with Crippen LogP contribution < -0.4 is 15.6 Å². The van der Waals surface area contributed by atoms with E-state index in [2.05, 4.69) is 10.3 Å². The summed E-state index contributed by atoms with van der Waals surface area (Å²) in [5, 5.41) is 2.72. The van der Waals surface area contributed by atoms with Crippen molar-refractivity contribution in [2.45, 2.75) is 19.5 Å². The van der Waals surface area contributed by atoms with Crippen molar-refractivity contribution in [1.82, 2.24) is 14.7 Å². The number of aromatic nitrogens is 2. The third-order valence-electron chi connectivity index (χ3n) is 4.04. The number of amides is 1. The average Bonchev–Trinajstić information content (AvgIpc) is 3.02. The molecule has 0 atom stereocenters. The van der Waals surface area contributed by atoms with Crippen LogP contribution >= 0.6 is 11.3 Å². The molecule has 0 saturated carbocycles. The Kier molecular flexibility index (Phi) is 5.60. The van der Waals surface area contributed by atoms with Gasteiger partial charge in [-0.15, -0.1) is 0 Å². The van der Waals surface area contributed by atoms with E-state index in [1.54, 1.807) is 6.92 Å². The fraction of sp³-hybridized carbons (Fsp3) is 0.278. The summed E-state index contributed by atoms with van der Waals surface area (Å²) in [6.07, 6.45) is -5.15. The Hall–Kier alpha value is -2.95. The summed E-state index contributed by atoms with van der Waals surface area (Å²) in [6.45, 7) is 2.04. The van der Waals surface area contributed by atoms with Crippen LogP contribution in [0, 0.1) is 5.82 Å². The van der Waals surface area contributed by atoms with Gasteiger partial charge in [-0.1, -0.05) is 23.5 Å². The lowest BCUT2D eigenvalue weighted by Crippen LogP contribution is -2.28. The number of fused-ring (bicyclic) bond motifs is 1. The monoisotopic (exact) mass is 429 g/mol. The maximum absolute atomic E-state index is 14.3. The molecule has 0 spiro atoms. The number of carbonyl (C=O) groups excluding carboxylic acids is 1. The molecule has 6 nitrogen and oxygen atoms in total. The zero-order valence-corrected chi connectivity index (χ0v) is 16.1. The lowest BCUT2D eigenvalue weighted by Gasteiger charge is -2.11. The van der Waals surface area contributed by atoms with Crippen LogP contribution in [-0.2, 0) is 12.6 Å². The number of alkyl halides is 3. The third kappa shape index (κ3) is 3.95. The van der Waals surface area contributed by atoms with Crippen molar-refractivity contribution in [1.29, 1.82) is 0 Å². The first-order chi connectivity index (χ1) is 13.7. The fourth-order valence-corrected chi connectivity index (χ4v) is 3.77. The maximum atomic E-state index is 14.3. The first kappa shape index (κ1) is 20.8. The second kappa shape index (κ2) is 7.82. The van der Waals surface area contributed by atoms with Crippen molar-refractivity contribution in [3.63, 3.8) is 0 Å². The molecule has 3 rings (SSSR count). The van der Waals surface area contributed by atoms with Gasteiger partial charge in [0.25, 0.3) is 11.5 Å². The Morgan fingerprint density at radius 2 is 2.07 bits per heavy atom. The molecule has 0 bridgehead atoms. The highest BCUT2D eigenvalue weighted by molar-refractivity contribution is 7.19. The molecule has 0 unspecified atom stereocenters. The van der Waals surface area contributed by atoms with Gasteiger partial charge in [0.2, 0.25) is 10.0 Å². The van der Waals surface area contributed by atoms with Crippen LogP contribution in [0.5, 0.6) is 5.06 Å². The molecule has 0 radical (unpaired) electrons. The molecule has 0 aliphatic rings. The van der Waals surface area contributed by atoms with Crippen LogP contribution in [0.15, 0.2) is 29.1 Å². The number of hydrogen-bond acceptors (Lipinski definition) is 5. The number of nitrogens with one attached hydrogen (secondary N) is 1. The van der Waals surface area contributed by atoms with Crippen LogP contribution in [0.1, 0.15) is 34.2 Å². The Morgan fingerprint density at radius 1 is 1.34 bits per heavy atom. The van der Waals surface area contributed by atoms with Crippen LogP contribution in [0.4, 0.5) is 17.6 Å². The molecule has 154 valence electrons. The molecule has 1 aromatic carbocycles. The molecule has 0 aliphatic carbocycles. The molecule has 29 heavy (non-hydrogen) atoms. The first-order valence-corrected chi connectivity index (χ1v) is 9.21. The minimum atomic E-state index is -4.83. The molecule has 11 heteroatoms. The minimum Gasteiger partial charge on any atom is -0.485 e. The first-order valence-electron chi connectivity index (χ1n) is 8.39. The molecule has 2 heterocycles. The number of rotatable bonds is 5. The number of hydrogen-bond donors (Lipinski definition) is 1. The van der Waals surface area contributed by atoms with Crippen molar-refractivity contribution >= 4 is 22.2 Å². The van der Waals surface area contributed by atoms with Crippen molar-refractivity contribution in [3.05, 3.63) is 63.0 Å². The fourth-order valence-electron chi connectivity index (χ4n) is 2.80. The highest BCUT2D eigenvalue weighted by atomic mass is 32.1. The standard InChI is InChI=1S/C18H15F4N3O3S/c1-3-23-15(27)14-16(28-2)29-17-24-10(8-12(26)25(14)17)7-9-5-4-6-11(13(9)19)18(20,21)22/h4-6,8H,3,7H2,1-2H3,(H,23,27). The second-order valence-corrected chi connectivity index (χ2v) is 6.90. The molecule has 2 aromatic heterocycles. The highest BCUT2D eigenvalue weighted by Gasteiger charge is 2.34. The summed E-state index contributed by atoms with van der Waals surface area (Å²) < 4.78 is 59.2. The predicted octanol–water partition coefficient (Wildman–Crippen LogP) is 3.26. The van der Waals surface area contributed by atoms with E-state index in [0.29, 0.717) is 12.6 Å². The predicted molar refractivity (Wildman–Crippen MR) is 98.1 cm³/mol. The summed E-state index contributed by atoms with van der Waals surface area (Å²) in [5.74, 6) is -1.94. The van der Waals surface area contributed by atoms with Crippen molar-refractivity contribution in [2.75, 3.05) is 13.7 Å². The number of halogens is 4. The maximum Gasteiger partial charge on any atom is 0.419 e. The van der Waals surface area contributed by atoms with Crippen molar-refractivity contribution in [3.8, 4) is 5.06 Å². The molecule has 0 aliphatic heterocycles. The normalized spacial score (nSPS) is 11.7. The highest BCUT2D eigenvalue weighted by Crippen LogP contribution is 2.33. The Morgan fingerprint density at radius 3 is 2.69 bits per heavy atom. The van der Waals surface area contributed by atoms with Gasteiger partial charge >= 0.3 is 6.18 Å². The molecule has 1 amide bonds. The SMILES string of the molecule is CCNC(=O)c1c(OC)sc2nc(Cc3cccc(C(F)(F)F)c3F)cc(=O)n12. The van der Waals surface area contributed by atoms with E-state index in [1.807, 2.05) is 0 Å². The molecule has 0 fully saturated rings. The topological polar surface area (TPSA) is 72.7 Å². The summed E-state index contributed by atoms with van der Waals surface area (Å²) >= 11 is 0.924. The lowest BCUT2D eigenvalue weighted by atomic mass is 10.0. The number of benzene rings is 1. The zero-order chi connectivity index (χ0) is 21.3. The number of carbonyl (C=O) groups is 1. The molecular formula is C18H15F4N3O3S. The van der Waals surface area contributed by atoms with E-state index >= 15 is 0 Å². The van der Waals surface area contributed by atoms with Gasteiger partial charge in [0.05, 0.1) is 18.4 Å². The van der Waals surface area contributed by atoms with Crippen LogP contribution in [0.3, 0.4) is 0 Å². The van der Waals surface area contributed by atoms with E-state index in [4.69, 9.17) is 4.74 Å². The number of nitrogens with zero attached hydrogens (tertiary/aromatic N) is 2. The zero-order valence-electron chi connectivity index (χ0n) is 15.3. The van der Waals surface area contributed by atoms with E-state index in [1.165, 1.54) is 13.2 Å². The molecule has 1 N–H and O–H groups in total. The van der Waals surface area contributed by atoms with E-state index < -0.39 is 29.0 Å². The van der Waals surface area contributed by atoms with Gasteiger partial charge in [0.1, 0.15) is 5.82 Å². The van der Waals surface area contributed by atoms with Gasteiger partial charge in [0, 0.05) is 19.0 Å². The summed E-state index contributed by atoms with van der Waals surface area (Å²) in [5.41, 5.74) is -2.21. The van der Waals surface area contributed by atoms with E-state index in [0.717, 1.165) is 27.9 Å².